The van der Waals surface area contributed by atoms with Crippen LogP contribution in [-0.2, 0) is 9.47 Å². The number of aromatic nitrogens is 1. The van der Waals surface area contributed by atoms with Crippen LogP contribution in [0.4, 0.5) is 0 Å². The lowest BCUT2D eigenvalue weighted by molar-refractivity contribution is -0.149. The van der Waals surface area contributed by atoms with Gasteiger partial charge in [-0.2, -0.15) is 0 Å². The third-order valence-corrected chi connectivity index (χ3v) is 2.39. The Morgan fingerprint density at radius 2 is 1.94 bits per heavy atom. The first-order valence-electron chi connectivity index (χ1n) is 5.60. The van der Waals surface area contributed by atoms with Crippen LogP contribution in [0.25, 0.3) is 0 Å². The molecule has 0 amide bonds. The fourth-order valence-electron chi connectivity index (χ4n) is 1.56. The largest absolute Gasteiger partial charge is 0.351 e. The summed E-state index contributed by atoms with van der Waals surface area (Å²) in [6, 6.07) is 1.64. The van der Waals surface area contributed by atoms with Gasteiger partial charge in [-0.05, 0) is 38.0 Å². The zero-order valence-electron chi connectivity index (χ0n) is 10.1. The molecule has 0 bridgehead atoms. The molecule has 1 heterocycles. The molecule has 1 aromatic rings. The standard InChI is InChI=1S/C12H20N2O2/c1-4-15-12(16-5-2)11(13)10-8-14-7-6-9(10)3/h6-8,11-12H,4-5,13H2,1-3H3. The lowest BCUT2D eigenvalue weighted by Crippen LogP contribution is -2.32. The first-order valence-corrected chi connectivity index (χ1v) is 5.60. The van der Waals surface area contributed by atoms with Gasteiger partial charge in [0, 0.05) is 25.6 Å². The van der Waals surface area contributed by atoms with E-state index >= 15 is 0 Å². The second-order valence-corrected chi connectivity index (χ2v) is 3.54. The number of aryl methyl sites for hydroxylation is 1. The Labute approximate surface area is 96.8 Å². The molecule has 1 rings (SSSR count). The van der Waals surface area contributed by atoms with Gasteiger partial charge in [0.25, 0.3) is 0 Å². The Hall–Kier alpha value is -0.970. The summed E-state index contributed by atoms with van der Waals surface area (Å²) in [5, 5.41) is 0. The molecule has 0 aliphatic heterocycles. The zero-order chi connectivity index (χ0) is 12.0. The molecule has 0 spiro atoms. The molecule has 1 unspecified atom stereocenters. The molecule has 16 heavy (non-hydrogen) atoms. The van der Waals surface area contributed by atoms with E-state index in [1.807, 2.05) is 26.8 Å². The molecular weight excluding hydrogens is 204 g/mol. The van der Waals surface area contributed by atoms with Crippen molar-refractivity contribution in [3.8, 4) is 0 Å². The third kappa shape index (κ3) is 3.27. The van der Waals surface area contributed by atoms with Crippen LogP contribution < -0.4 is 5.73 Å². The lowest BCUT2D eigenvalue weighted by atomic mass is 10.0. The number of hydrogen-bond donors (Lipinski definition) is 1. The van der Waals surface area contributed by atoms with Gasteiger partial charge in [0.2, 0.25) is 0 Å². The van der Waals surface area contributed by atoms with Crippen molar-refractivity contribution in [2.75, 3.05) is 13.2 Å². The molecule has 0 radical (unpaired) electrons. The molecule has 0 fully saturated rings. The Morgan fingerprint density at radius 1 is 1.31 bits per heavy atom. The fourth-order valence-corrected chi connectivity index (χ4v) is 1.56. The summed E-state index contributed by atoms with van der Waals surface area (Å²) >= 11 is 0. The monoisotopic (exact) mass is 224 g/mol. The van der Waals surface area contributed by atoms with E-state index in [1.165, 1.54) is 0 Å². The van der Waals surface area contributed by atoms with E-state index in [0.717, 1.165) is 11.1 Å². The van der Waals surface area contributed by atoms with Crippen LogP contribution in [0.2, 0.25) is 0 Å². The van der Waals surface area contributed by atoms with Crippen LogP contribution in [0.3, 0.4) is 0 Å². The summed E-state index contributed by atoms with van der Waals surface area (Å²) in [4.78, 5) is 4.08. The Morgan fingerprint density at radius 3 is 2.44 bits per heavy atom. The van der Waals surface area contributed by atoms with Crippen LogP contribution >= 0.6 is 0 Å². The van der Waals surface area contributed by atoms with Crippen molar-refractivity contribution in [3.05, 3.63) is 29.6 Å². The van der Waals surface area contributed by atoms with E-state index in [9.17, 15) is 0 Å². The van der Waals surface area contributed by atoms with E-state index in [1.54, 1.807) is 12.4 Å². The maximum Gasteiger partial charge on any atom is 0.176 e. The highest BCUT2D eigenvalue weighted by Crippen LogP contribution is 2.20. The molecule has 2 N–H and O–H groups in total. The summed E-state index contributed by atoms with van der Waals surface area (Å²) in [6.45, 7) is 7.02. The van der Waals surface area contributed by atoms with Crippen molar-refractivity contribution in [2.24, 2.45) is 5.73 Å². The molecule has 4 nitrogen and oxygen atoms in total. The van der Waals surface area contributed by atoms with Gasteiger partial charge < -0.3 is 15.2 Å². The van der Waals surface area contributed by atoms with Crippen molar-refractivity contribution in [2.45, 2.75) is 33.1 Å². The van der Waals surface area contributed by atoms with Crippen LogP contribution in [0.15, 0.2) is 18.5 Å². The van der Waals surface area contributed by atoms with E-state index in [2.05, 4.69) is 4.98 Å². The third-order valence-electron chi connectivity index (χ3n) is 2.39. The van der Waals surface area contributed by atoms with Crippen molar-refractivity contribution >= 4 is 0 Å². The molecule has 0 aliphatic carbocycles. The van der Waals surface area contributed by atoms with Crippen molar-refractivity contribution < 1.29 is 9.47 Å². The van der Waals surface area contributed by atoms with E-state index < -0.39 is 6.29 Å². The van der Waals surface area contributed by atoms with Crippen LogP contribution in [0, 0.1) is 6.92 Å². The van der Waals surface area contributed by atoms with Crippen molar-refractivity contribution in [1.82, 2.24) is 4.98 Å². The zero-order valence-corrected chi connectivity index (χ0v) is 10.1. The van der Waals surface area contributed by atoms with Gasteiger partial charge >= 0.3 is 0 Å². The minimum atomic E-state index is -0.405. The topological polar surface area (TPSA) is 57.4 Å². The van der Waals surface area contributed by atoms with Crippen molar-refractivity contribution in [1.29, 1.82) is 0 Å². The van der Waals surface area contributed by atoms with Gasteiger partial charge in [0.15, 0.2) is 6.29 Å². The predicted molar refractivity (Wildman–Crippen MR) is 62.9 cm³/mol. The summed E-state index contributed by atoms with van der Waals surface area (Å²) in [5.74, 6) is 0. The maximum atomic E-state index is 6.12. The summed E-state index contributed by atoms with van der Waals surface area (Å²) in [5.41, 5.74) is 8.19. The summed E-state index contributed by atoms with van der Waals surface area (Å²) in [6.07, 6.45) is 3.12. The van der Waals surface area contributed by atoms with Gasteiger partial charge in [0.1, 0.15) is 0 Å². The van der Waals surface area contributed by atoms with Gasteiger partial charge in [0.05, 0.1) is 6.04 Å². The second-order valence-electron chi connectivity index (χ2n) is 3.54. The number of ether oxygens (including phenoxy) is 2. The van der Waals surface area contributed by atoms with Gasteiger partial charge in [-0.3, -0.25) is 4.98 Å². The smallest absolute Gasteiger partial charge is 0.176 e. The number of nitrogens with two attached hydrogens (primary N) is 1. The number of nitrogens with zero attached hydrogens (tertiary/aromatic N) is 1. The molecule has 90 valence electrons. The highest BCUT2D eigenvalue weighted by atomic mass is 16.7. The quantitative estimate of drug-likeness (QED) is 0.748. The molecule has 4 heteroatoms. The van der Waals surface area contributed by atoms with E-state index in [4.69, 9.17) is 15.2 Å². The molecule has 0 saturated heterocycles. The molecule has 1 aromatic heterocycles. The Balaban J connectivity index is 2.81. The average molecular weight is 224 g/mol. The molecule has 0 aromatic carbocycles. The van der Waals surface area contributed by atoms with Crippen LogP contribution in [0.5, 0.6) is 0 Å². The van der Waals surface area contributed by atoms with Crippen LogP contribution in [-0.4, -0.2) is 24.5 Å². The first kappa shape index (κ1) is 13.1. The van der Waals surface area contributed by atoms with Crippen LogP contribution in [0.1, 0.15) is 31.0 Å². The summed E-state index contributed by atoms with van der Waals surface area (Å²) in [7, 11) is 0. The minimum Gasteiger partial charge on any atom is -0.351 e. The van der Waals surface area contributed by atoms with Gasteiger partial charge in [-0.1, -0.05) is 0 Å². The number of pyridine rings is 1. The summed E-state index contributed by atoms with van der Waals surface area (Å²) < 4.78 is 11.0. The highest BCUT2D eigenvalue weighted by Gasteiger charge is 2.21. The molecule has 1 atom stereocenters. The molecule has 0 aliphatic rings. The fraction of sp³-hybridized carbons (Fsp3) is 0.583. The normalized spacial score (nSPS) is 13.1. The maximum absolute atomic E-state index is 6.12. The predicted octanol–water partition coefficient (Wildman–Crippen LogP) is 1.79. The van der Waals surface area contributed by atoms with Gasteiger partial charge in [-0.25, -0.2) is 0 Å². The van der Waals surface area contributed by atoms with E-state index in [0.29, 0.717) is 13.2 Å². The number of rotatable bonds is 6. The van der Waals surface area contributed by atoms with Gasteiger partial charge in [-0.15, -0.1) is 0 Å². The van der Waals surface area contributed by atoms with Crippen molar-refractivity contribution in [3.63, 3.8) is 0 Å². The minimum absolute atomic E-state index is 0.298. The van der Waals surface area contributed by atoms with E-state index in [-0.39, 0.29) is 6.04 Å². The average Bonchev–Trinajstić information content (AvgIpc) is 2.28. The second kappa shape index (κ2) is 6.58. The Kier molecular flexibility index (Phi) is 5.38. The number of hydrogen-bond acceptors (Lipinski definition) is 4. The lowest BCUT2D eigenvalue weighted by Gasteiger charge is -2.24. The Bertz CT molecular complexity index is 312. The SMILES string of the molecule is CCOC(OCC)C(N)c1cnccc1C. The highest BCUT2D eigenvalue weighted by molar-refractivity contribution is 5.25. The molecule has 0 saturated carbocycles. The first-order chi connectivity index (χ1) is 7.70. The molecular formula is C12H20N2O2.